The lowest BCUT2D eigenvalue weighted by Crippen LogP contribution is -2.11. The zero-order valence-electron chi connectivity index (χ0n) is 10.3. The average Bonchev–Trinajstić information content (AvgIpc) is 2.47. The second kappa shape index (κ2) is 4.08. The highest BCUT2D eigenvalue weighted by atomic mass is 35.5. The Labute approximate surface area is 125 Å². The number of ketones is 1. The van der Waals surface area contributed by atoms with Gasteiger partial charge in [-0.05, 0) is 23.1 Å². The number of hydrogen-bond donors (Lipinski definition) is 0. The zero-order chi connectivity index (χ0) is 13.9. The van der Waals surface area contributed by atoms with Crippen LogP contribution in [0.2, 0.25) is 10.0 Å². The highest BCUT2D eigenvalue weighted by Gasteiger charge is 2.28. The number of benzene rings is 3. The molecule has 20 heavy (non-hydrogen) atoms. The number of fused-ring (bicyclic) bond motifs is 2. The first-order valence-corrected chi connectivity index (χ1v) is 6.99. The van der Waals surface area contributed by atoms with Gasteiger partial charge in [0.1, 0.15) is 0 Å². The van der Waals surface area contributed by atoms with Gasteiger partial charge in [-0.1, -0.05) is 59.6 Å². The molecule has 0 fully saturated rings. The molecule has 0 radical (unpaired) electrons. The second-order valence-electron chi connectivity index (χ2n) is 4.82. The quantitative estimate of drug-likeness (QED) is 0.427. The Morgan fingerprint density at radius 2 is 1.30 bits per heavy atom. The van der Waals surface area contributed by atoms with Crippen molar-refractivity contribution in [1.82, 2.24) is 0 Å². The van der Waals surface area contributed by atoms with Gasteiger partial charge in [-0.25, -0.2) is 0 Å². The minimum atomic E-state index is -0.0585. The summed E-state index contributed by atoms with van der Waals surface area (Å²) >= 11 is 12.6. The highest BCUT2D eigenvalue weighted by Crippen LogP contribution is 2.44. The number of rotatable bonds is 0. The SMILES string of the molecule is O=C1c2c(Cl)ccc(Cl)c2-c2cccc3cccc1c23. The summed E-state index contributed by atoms with van der Waals surface area (Å²) < 4.78 is 0. The van der Waals surface area contributed by atoms with E-state index in [9.17, 15) is 4.79 Å². The fraction of sp³-hybridized carbons (Fsp3) is 0. The predicted molar refractivity (Wildman–Crippen MR) is 82.8 cm³/mol. The Kier molecular flexibility index (Phi) is 2.44. The molecule has 4 rings (SSSR count). The topological polar surface area (TPSA) is 17.1 Å². The van der Waals surface area contributed by atoms with Crippen LogP contribution < -0.4 is 0 Å². The third-order valence-corrected chi connectivity index (χ3v) is 4.38. The molecule has 0 bridgehead atoms. The van der Waals surface area contributed by atoms with E-state index in [1.165, 1.54) is 0 Å². The monoisotopic (exact) mass is 298 g/mol. The van der Waals surface area contributed by atoms with Gasteiger partial charge in [0, 0.05) is 21.5 Å². The molecule has 96 valence electrons. The molecule has 0 saturated carbocycles. The molecule has 0 saturated heterocycles. The number of carbonyl (C=O) groups is 1. The van der Waals surface area contributed by atoms with Crippen LogP contribution in [0, 0.1) is 0 Å². The minimum absolute atomic E-state index is 0.0585. The summed E-state index contributed by atoms with van der Waals surface area (Å²) in [6, 6.07) is 15.1. The molecule has 0 unspecified atom stereocenters. The molecule has 1 nitrogen and oxygen atoms in total. The van der Waals surface area contributed by atoms with Crippen LogP contribution in [-0.4, -0.2) is 5.78 Å². The molecule has 0 heterocycles. The lowest BCUT2D eigenvalue weighted by molar-refractivity contribution is 0.104. The molecule has 0 N–H and O–H groups in total. The molecule has 0 atom stereocenters. The zero-order valence-corrected chi connectivity index (χ0v) is 11.8. The Morgan fingerprint density at radius 1 is 0.700 bits per heavy atom. The fourth-order valence-electron chi connectivity index (χ4n) is 2.91. The van der Waals surface area contributed by atoms with E-state index in [1.54, 1.807) is 12.1 Å². The summed E-state index contributed by atoms with van der Waals surface area (Å²) in [4.78, 5) is 12.7. The summed E-state index contributed by atoms with van der Waals surface area (Å²) in [6.45, 7) is 0. The lowest BCUT2D eigenvalue weighted by atomic mass is 9.83. The van der Waals surface area contributed by atoms with Crippen LogP contribution >= 0.6 is 23.2 Å². The van der Waals surface area contributed by atoms with Gasteiger partial charge in [-0.2, -0.15) is 0 Å². The van der Waals surface area contributed by atoms with E-state index < -0.39 is 0 Å². The van der Waals surface area contributed by atoms with E-state index in [0.29, 0.717) is 21.2 Å². The smallest absolute Gasteiger partial charge is 0.195 e. The molecule has 1 aliphatic carbocycles. The third-order valence-electron chi connectivity index (χ3n) is 3.75. The summed E-state index contributed by atoms with van der Waals surface area (Å²) in [7, 11) is 0. The molecule has 1 aliphatic rings. The van der Waals surface area contributed by atoms with Gasteiger partial charge in [0.25, 0.3) is 0 Å². The first-order chi connectivity index (χ1) is 9.68. The summed E-state index contributed by atoms with van der Waals surface area (Å²) in [5.74, 6) is -0.0585. The summed E-state index contributed by atoms with van der Waals surface area (Å²) in [5.41, 5.74) is 2.91. The number of carbonyl (C=O) groups excluding carboxylic acids is 1. The van der Waals surface area contributed by atoms with Crippen LogP contribution in [-0.2, 0) is 0 Å². The molecule has 0 aliphatic heterocycles. The van der Waals surface area contributed by atoms with Crippen LogP contribution in [0.5, 0.6) is 0 Å². The van der Waals surface area contributed by atoms with Crippen LogP contribution in [0.1, 0.15) is 15.9 Å². The molecule has 0 aromatic heterocycles. The fourth-order valence-corrected chi connectivity index (χ4v) is 3.41. The van der Waals surface area contributed by atoms with Crippen LogP contribution in [0.25, 0.3) is 21.9 Å². The summed E-state index contributed by atoms with van der Waals surface area (Å²) in [5, 5.41) is 2.99. The van der Waals surface area contributed by atoms with Crippen LogP contribution in [0.4, 0.5) is 0 Å². The molecular weight excluding hydrogens is 291 g/mol. The predicted octanol–water partition coefficient (Wildman–Crippen LogP) is 5.36. The number of hydrogen-bond acceptors (Lipinski definition) is 1. The standard InChI is InChI=1S/C17H8Cl2O/c18-12-7-8-13(19)16-15(12)10-5-1-3-9-4-2-6-11(14(9)10)17(16)20/h1-8H. The van der Waals surface area contributed by atoms with E-state index in [-0.39, 0.29) is 5.78 Å². The van der Waals surface area contributed by atoms with E-state index in [2.05, 4.69) is 0 Å². The van der Waals surface area contributed by atoms with E-state index in [0.717, 1.165) is 21.9 Å². The van der Waals surface area contributed by atoms with Crippen molar-refractivity contribution in [1.29, 1.82) is 0 Å². The molecule has 3 heteroatoms. The second-order valence-corrected chi connectivity index (χ2v) is 5.63. The molecular formula is C17H8Cl2O. The van der Waals surface area contributed by atoms with Gasteiger partial charge in [0.05, 0.1) is 10.6 Å². The first-order valence-electron chi connectivity index (χ1n) is 6.23. The number of halogens is 2. The van der Waals surface area contributed by atoms with Crippen molar-refractivity contribution in [2.45, 2.75) is 0 Å². The molecule has 0 spiro atoms. The largest absolute Gasteiger partial charge is 0.289 e. The maximum absolute atomic E-state index is 12.7. The molecule has 0 amide bonds. The Morgan fingerprint density at radius 3 is 2.00 bits per heavy atom. The minimum Gasteiger partial charge on any atom is -0.289 e. The van der Waals surface area contributed by atoms with Gasteiger partial charge in [0.15, 0.2) is 5.78 Å². The van der Waals surface area contributed by atoms with Gasteiger partial charge in [-0.15, -0.1) is 0 Å². The Hall–Kier alpha value is -1.83. The van der Waals surface area contributed by atoms with Gasteiger partial charge in [0.2, 0.25) is 0 Å². The van der Waals surface area contributed by atoms with E-state index >= 15 is 0 Å². The molecule has 3 aromatic rings. The summed E-state index contributed by atoms with van der Waals surface area (Å²) in [6.07, 6.45) is 0. The van der Waals surface area contributed by atoms with Crippen molar-refractivity contribution in [2.75, 3.05) is 0 Å². The van der Waals surface area contributed by atoms with Crippen molar-refractivity contribution in [2.24, 2.45) is 0 Å². The van der Waals surface area contributed by atoms with Crippen LogP contribution in [0.15, 0.2) is 48.5 Å². The van der Waals surface area contributed by atoms with Crippen LogP contribution in [0.3, 0.4) is 0 Å². The van der Waals surface area contributed by atoms with E-state index in [1.807, 2.05) is 36.4 Å². The average molecular weight is 299 g/mol. The Balaban J connectivity index is 2.30. The van der Waals surface area contributed by atoms with Crippen molar-refractivity contribution in [3.8, 4) is 11.1 Å². The van der Waals surface area contributed by atoms with E-state index in [4.69, 9.17) is 23.2 Å². The van der Waals surface area contributed by atoms with Gasteiger partial charge in [-0.3, -0.25) is 4.79 Å². The third kappa shape index (κ3) is 1.42. The first kappa shape index (κ1) is 12.0. The normalized spacial score (nSPS) is 12.6. The maximum Gasteiger partial charge on any atom is 0.195 e. The molecule has 3 aromatic carbocycles. The van der Waals surface area contributed by atoms with Crippen molar-refractivity contribution < 1.29 is 4.79 Å². The van der Waals surface area contributed by atoms with Gasteiger partial charge < -0.3 is 0 Å². The Bertz CT molecular complexity index is 892. The van der Waals surface area contributed by atoms with Crippen molar-refractivity contribution in [3.05, 3.63) is 69.7 Å². The highest BCUT2D eigenvalue weighted by molar-refractivity contribution is 6.42. The van der Waals surface area contributed by atoms with Crippen molar-refractivity contribution >= 4 is 39.8 Å². The van der Waals surface area contributed by atoms with Gasteiger partial charge >= 0.3 is 0 Å². The lowest BCUT2D eigenvalue weighted by Gasteiger charge is -2.21. The maximum atomic E-state index is 12.7. The van der Waals surface area contributed by atoms with Crippen molar-refractivity contribution in [3.63, 3.8) is 0 Å².